The van der Waals surface area contributed by atoms with Crippen molar-refractivity contribution in [1.29, 1.82) is 0 Å². The molecule has 4 aromatic carbocycles. The Bertz CT molecular complexity index is 2850. The summed E-state index contributed by atoms with van der Waals surface area (Å²) in [5.74, 6) is 1.62. The Kier molecular flexibility index (Phi) is 6.72. The van der Waals surface area contributed by atoms with Gasteiger partial charge in [-0.05, 0) is 51.4 Å². The van der Waals surface area contributed by atoms with Gasteiger partial charge >= 0.3 is 27.1 Å². The van der Waals surface area contributed by atoms with Crippen molar-refractivity contribution < 1.29 is 35.4 Å². The van der Waals surface area contributed by atoms with Crippen LogP contribution in [0.25, 0.3) is 27.6 Å². The fourth-order valence-corrected chi connectivity index (χ4v) is 6.15. The van der Waals surface area contributed by atoms with Crippen molar-refractivity contribution in [2.45, 2.75) is 59.2 Å². The van der Waals surface area contributed by atoms with Crippen LogP contribution >= 0.6 is 0 Å². The number of aromatic nitrogens is 3. The SMILES string of the molecule is [2H]c1c([2H])c(C([2H])([2H])[2H])c([2H])c([2H])c1[N+]1=C=[N+](c2[c-]c(Oc3[c-]c4c(cc3)c3cnccc3n4-c3cc(C(C)(C)C)ccn3)cc(C(C)(C)C)c2)c2ccccc21.[Pt+2]. The summed E-state index contributed by atoms with van der Waals surface area (Å²) in [6.07, 6.45) is 5.44. The molecule has 0 atom stereocenters. The van der Waals surface area contributed by atoms with Gasteiger partial charge in [-0.2, -0.15) is 6.07 Å². The molecule has 0 amide bonds. The predicted molar refractivity (Wildman–Crippen MR) is 203 cm³/mol. The molecule has 0 saturated heterocycles. The van der Waals surface area contributed by atoms with Crippen molar-refractivity contribution >= 4 is 50.6 Å². The summed E-state index contributed by atoms with van der Waals surface area (Å²) in [5, 5.41) is 1.90. The summed E-state index contributed by atoms with van der Waals surface area (Å²) in [7, 11) is 0. The molecule has 7 heteroatoms. The van der Waals surface area contributed by atoms with Crippen LogP contribution in [0.15, 0.2) is 109 Å². The van der Waals surface area contributed by atoms with Crippen molar-refractivity contribution in [1.82, 2.24) is 23.7 Å². The van der Waals surface area contributed by atoms with Gasteiger partial charge in [0.15, 0.2) is 0 Å². The average molecular weight is 856 g/mol. The predicted octanol–water partition coefficient (Wildman–Crippen LogP) is 10.7. The molecule has 0 aliphatic carbocycles. The molecule has 4 heterocycles. The molecule has 1 aliphatic rings. The number of benzene rings is 4. The second-order valence-corrected chi connectivity index (χ2v) is 14.4. The Labute approximate surface area is 323 Å². The maximum absolute atomic E-state index is 8.82. The van der Waals surface area contributed by atoms with E-state index in [1.165, 1.54) is 4.58 Å². The van der Waals surface area contributed by atoms with E-state index >= 15 is 0 Å². The summed E-state index contributed by atoms with van der Waals surface area (Å²) in [5.41, 5.74) is 4.35. The van der Waals surface area contributed by atoms with Crippen LogP contribution in [0.5, 0.6) is 11.5 Å². The minimum Gasteiger partial charge on any atom is -0.509 e. The van der Waals surface area contributed by atoms with Gasteiger partial charge in [-0.25, -0.2) is 4.98 Å². The molecule has 0 spiro atoms. The van der Waals surface area contributed by atoms with Crippen LogP contribution in [-0.4, -0.2) is 20.5 Å². The van der Waals surface area contributed by atoms with Gasteiger partial charge in [-0.15, -0.1) is 29.1 Å². The molecule has 0 radical (unpaired) electrons. The normalized spacial score (nSPS) is 15.0. The van der Waals surface area contributed by atoms with Crippen LogP contribution in [0, 0.1) is 19.0 Å². The van der Waals surface area contributed by atoms with E-state index in [4.69, 9.17) is 19.3 Å². The number of pyridine rings is 2. The van der Waals surface area contributed by atoms with Crippen molar-refractivity contribution in [2.24, 2.45) is 0 Å². The number of fused-ring (bicyclic) bond motifs is 4. The van der Waals surface area contributed by atoms with E-state index in [9.17, 15) is 0 Å². The summed E-state index contributed by atoms with van der Waals surface area (Å²) in [4.78, 5) is 9.18. The van der Waals surface area contributed by atoms with Gasteiger partial charge < -0.3 is 9.30 Å². The summed E-state index contributed by atoms with van der Waals surface area (Å²) in [6.45, 7) is 9.95. The molecule has 51 heavy (non-hydrogen) atoms. The number of nitrogens with zero attached hydrogens (tertiary/aromatic N) is 5. The van der Waals surface area contributed by atoms with E-state index in [1.54, 1.807) is 22.9 Å². The standard InChI is InChI=1S/C44H39N5O.Pt/c1-29-12-14-32(15-13-29)47-28-48(40-11-9-8-10-39(40)47)33-22-31(44(5,6)7)23-35(25-33)50-34-16-17-36-37-27-45-20-19-38(37)49(41(36)26-34)42-24-30(18-21-46-42)43(2,3)4;/h8-24,27H,1-7H3;/q;+2/i1D3,12D,13D,14D,15D;. The zero-order chi connectivity index (χ0) is 40.8. The molecule has 6 nitrogen and oxygen atoms in total. The van der Waals surface area contributed by atoms with Gasteiger partial charge in [-0.3, -0.25) is 4.98 Å². The van der Waals surface area contributed by atoms with Gasteiger partial charge in [0.05, 0.1) is 5.48 Å². The van der Waals surface area contributed by atoms with Gasteiger partial charge in [0.25, 0.3) is 11.4 Å². The molecule has 0 unspecified atom stereocenters. The minimum atomic E-state index is -2.83. The van der Waals surface area contributed by atoms with Crippen molar-refractivity contribution in [3.05, 3.63) is 138 Å². The summed E-state index contributed by atoms with van der Waals surface area (Å²) >= 11 is 0. The largest absolute Gasteiger partial charge is 2.00 e. The first-order valence-corrected chi connectivity index (χ1v) is 16.4. The third-order valence-electron chi connectivity index (χ3n) is 8.85. The Morgan fingerprint density at radius 1 is 0.784 bits per heavy atom. The molecule has 254 valence electrons. The smallest absolute Gasteiger partial charge is 0.509 e. The molecule has 3 aromatic heterocycles. The van der Waals surface area contributed by atoms with E-state index in [2.05, 4.69) is 75.3 Å². The Hall–Kier alpha value is -5.15. The molecule has 0 bridgehead atoms. The van der Waals surface area contributed by atoms with Crippen molar-refractivity contribution in [3.63, 3.8) is 0 Å². The molecule has 7 aromatic rings. The van der Waals surface area contributed by atoms with Crippen LogP contribution in [-0.2, 0) is 31.9 Å². The van der Waals surface area contributed by atoms with Gasteiger partial charge in [0, 0.05) is 63.9 Å². The van der Waals surface area contributed by atoms with Gasteiger partial charge in [-0.1, -0.05) is 93.5 Å². The van der Waals surface area contributed by atoms with Gasteiger partial charge in [0.2, 0.25) is 5.69 Å². The molecular weight excluding hydrogens is 810 g/mol. The van der Waals surface area contributed by atoms with Crippen LogP contribution in [0.1, 0.15) is 67.8 Å². The average Bonchev–Trinajstić information content (AvgIpc) is 3.69. The first-order chi connectivity index (χ1) is 26.8. The van der Waals surface area contributed by atoms with Crippen molar-refractivity contribution in [2.75, 3.05) is 0 Å². The molecule has 0 N–H and O–H groups in total. The fourth-order valence-electron chi connectivity index (χ4n) is 6.15. The Balaban J connectivity index is 0.00000512. The van der Waals surface area contributed by atoms with Crippen LogP contribution in [0.3, 0.4) is 0 Å². The van der Waals surface area contributed by atoms with E-state index in [1.807, 2.05) is 60.9 Å². The number of hydrogen-bond donors (Lipinski definition) is 0. The van der Waals surface area contributed by atoms with Crippen LogP contribution in [0.2, 0.25) is 0 Å². The minimum absolute atomic E-state index is 0. The second-order valence-electron chi connectivity index (χ2n) is 14.4. The third-order valence-corrected chi connectivity index (χ3v) is 8.85. The molecule has 8 rings (SSSR count). The van der Waals surface area contributed by atoms with Gasteiger partial charge in [0.1, 0.15) is 11.5 Å². The first kappa shape index (κ1) is 26.6. The zero-order valence-corrected chi connectivity index (χ0v) is 31.3. The number of ether oxygens (including phenoxy) is 1. The first-order valence-electron chi connectivity index (χ1n) is 19.9. The maximum atomic E-state index is 8.82. The number of para-hydroxylation sites is 2. The monoisotopic (exact) mass is 855 g/mol. The van der Waals surface area contributed by atoms with E-state index in [-0.39, 0.29) is 37.6 Å². The van der Waals surface area contributed by atoms with E-state index in [0.717, 1.165) is 38.8 Å². The van der Waals surface area contributed by atoms with Crippen molar-refractivity contribution in [3.8, 4) is 17.3 Å². The number of hydrogen-bond acceptors (Lipinski definition) is 3. The van der Waals surface area contributed by atoms with E-state index < -0.39 is 36.6 Å². The molecule has 1 aliphatic heterocycles. The van der Waals surface area contributed by atoms with Crippen LogP contribution < -0.4 is 13.9 Å². The van der Waals surface area contributed by atoms with E-state index in [0.29, 0.717) is 28.6 Å². The Morgan fingerprint density at radius 3 is 2.25 bits per heavy atom. The maximum Gasteiger partial charge on any atom is 2.00 e. The van der Waals surface area contributed by atoms with Crippen LogP contribution in [0.4, 0.5) is 22.7 Å². The Morgan fingerprint density at radius 2 is 1.53 bits per heavy atom. The number of rotatable bonds is 5. The second kappa shape index (κ2) is 12.9. The zero-order valence-electron chi connectivity index (χ0n) is 36.0. The summed E-state index contributed by atoms with van der Waals surface area (Å²) in [6, 6.07) is 29.1. The molecular formula is C44H39N5OPt+2. The summed E-state index contributed by atoms with van der Waals surface area (Å²) < 4.78 is 70.2. The topological polar surface area (TPSA) is 46.0 Å². The quantitative estimate of drug-likeness (QED) is 0.128. The fraction of sp³-hybridized carbons (Fsp3) is 0.205. The molecule has 0 saturated carbocycles. The molecule has 0 fully saturated rings. The third kappa shape index (κ3) is 6.35.